The number of sulfonamides is 1. The number of hydrogen-bond donors (Lipinski definition) is 0. The number of carbonyl (C=O) groups is 1. The zero-order valence-corrected chi connectivity index (χ0v) is 19.0. The van der Waals surface area contributed by atoms with Crippen molar-refractivity contribution in [3.05, 3.63) is 57.3 Å². The summed E-state index contributed by atoms with van der Waals surface area (Å²) in [4.78, 5) is 17.6. The van der Waals surface area contributed by atoms with E-state index in [4.69, 9.17) is 11.6 Å². The third-order valence-electron chi connectivity index (χ3n) is 4.74. The van der Waals surface area contributed by atoms with E-state index in [-0.39, 0.29) is 4.90 Å². The van der Waals surface area contributed by atoms with Crippen LogP contribution < -0.4 is 4.80 Å². The molecule has 0 fully saturated rings. The van der Waals surface area contributed by atoms with Crippen LogP contribution in [0.2, 0.25) is 5.02 Å². The highest BCUT2D eigenvalue weighted by Gasteiger charge is 2.21. The van der Waals surface area contributed by atoms with E-state index in [0.717, 1.165) is 15.8 Å². The van der Waals surface area contributed by atoms with Gasteiger partial charge in [0.25, 0.3) is 5.91 Å². The Balaban J connectivity index is 1.98. The Kier molecular flexibility index (Phi) is 6.28. The second kappa shape index (κ2) is 8.39. The lowest BCUT2D eigenvalue weighted by Gasteiger charge is -2.18. The monoisotopic (exact) mass is 451 g/mol. The van der Waals surface area contributed by atoms with Crippen LogP contribution in [0, 0.1) is 6.92 Å². The van der Waals surface area contributed by atoms with Crippen LogP contribution in [0.25, 0.3) is 10.2 Å². The largest absolute Gasteiger partial charge is 0.319 e. The summed E-state index contributed by atoms with van der Waals surface area (Å²) in [5.41, 5.74) is 2.31. The zero-order valence-electron chi connectivity index (χ0n) is 16.6. The third kappa shape index (κ3) is 4.02. The molecule has 2 aromatic carbocycles. The molecule has 0 saturated carbocycles. The molecule has 1 heterocycles. The van der Waals surface area contributed by atoms with Crippen molar-refractivity contribution in [3.8, 4) is 0 Å². The molecule has 3 rings (SSSR count). The zero-order chi connectivity index (χ0) is 21.3. The number of benzene rings is 2. The average molecular weight is 452 g/mol. The fraction of sp³-hybridized carbons (Fsp3) is 0.300. The van der Waals surface area contributed by atoms with Gasteiger partial charge in [-0.05, 0) is 42.8 Å². The summed E-state index contributed by atoms with van der Waals surface area (Å²) < 4.78 is 29.3. The molecule has 0 unspecified atom stereocenters. The van der Waals surface area contributed by atoms with E-state index in [1.54, 1.807) is 13.8 Å². The van der Waals surface area contributed by atoms with Gasteiger partial charge < -0.3 is 4.57 Å². The van der Waals surface area contributed by atoms with Crippen LogP contribution in [-0.2, 0) is 17.1 Å². The number of amides is 1. The van der Waals surface area contributed by atoms with Crippen molar-refractivity contribution < 1.29 is 13.2 Å². The summed E-state index contributed by atoms with van der Waals surface area (Å²) in [6, 6.07) is 9.64. The van der Waals surface area contributed by atoms with E-state index in [9.17, 15) is 13.2 Å². The smallest absolute Gasteiger partial charge is 0.279 e. The third-order valence-corrected chi connectivity index (χ3v) is 8.40. The molecule has 154 valence electrons. The van der Waals surface area contributed by atoms with Crippen LogP contribution in [0.5, 0.6) is 0 Å². The molecule has 9 heteroatoms. The maximum absolute atomic E-state index is 12.7. The molecule has 0 aliphatic heterocycles. The molecule has 0 bridgehead atoms. The first kappa shape index (κ1) is 21.7. The van der Waals surface area contributed by atoms with Gasteiger partial charge in [0.15, 0.2) is 4.80 Å². The summed E-state index contributed by atoms with van der Waals surface area (Å²) in [6.07, 6.45) is 0. The molecule has 1 amide bonds. The van der Waals surface area contributed by atoms with Crippen molar-refractivity contribution in [1.82, 2.24) is 8.87 Å². The SMILES string of the molecule is CCN(CC)S(=O)(=O)c1ccc(C(=O)N=c2sc3c(Cl)ccc(C)c3n2C)cc1. The normalized spacial score (nSPS) is 12.8. The fourth-order valence-electron chi connectivity index (χ4n) is 3.15. The van der Waals surface area contributed by atoms with Gasteiger partial charge in [0.2, 0.25) is 10.0 Å². The molecular weight excluding hydrogens is 430 g/mol. The summed E-state index contributed by atoms with van der Waals surface area (Å²) in [5.74, 6) is -0.437. The minimum absolute atomic E-state index is 0.160. The van der Waals surface area contributed by atoms with E-state index >= 15 is 0 Å². The van der Waals surface area contributed by atoms with Crippen molar-refractivity contribution in [2.24, 2.45) is 12.0 Å². The van der Waals surface area contributed by atoms with E-state index < -0.39 is 15.9 Å². The molecule has 3 aromatic rings. The van der Waals surface area contributed by atoms with Crippen molar-refractivity contribution in [2.45, 2.75) is 25.7 Å². The first-order chi connectivity index (χ1) is 13.7. The minimum atomic E-state index is -3.56. The Bertz CT molecular complexity index is 1240. The maximum atomic E-state index is 12.7. The Morgan fingerprint density at radius 3 is 2.31 bits per heavy atom. The minimum Gasteiger partial charge on any atom is -0.319 e. The molecule has 0 aliphatic rings. The Morgan fingerprint density at radius 2 is 1.76 bits per heavy atom. The topological polar surface area (TPSA) is 71.7 Å². The Morgan fingerprint density at radius 1 is 1.14 bits per heavy atom. The van der Waals surface area contributed by atoms with Crippen LogP contribution in [0.3, 0.4) is 0 Å². The van der Waals surface area contributed by atoms with Crippen LogP contribution in [0.15, 0.2) is 46.3 Å². The molecule has 0 atom stereocenters. The van der Waals surface area contributed by atoms with Crippen molar-refractivity contribution >= 4 is 49.1 Å². The molecular formula is C20H22ClN3O3S2. The van der Waals surface area contributed by atoms with Crippen molar-refractivity contribution in [1.29, 1.82) is 0 Å². The van der Waals surface area contributed by atoms with Crippen LogP contribution in [0.4, 0.5) is 0 Å². The lowest BCUT2D eigenvalue weighted by Crippen LogP contribution is -2.30. The molecule has 0 radical (unpaired) electrons. The quantitative estimate of drug-likeness (QED) is 0.589. The summed E-state index contributed by atoms with van der Waals surface area (Å²) >= 11 is 7.63. The molecule has 0 spiro atoms. The van der Waals surface area contributed by atoms with Crippen LogP contribution >= 0.6 is 22.9 Å². The summed E-state index contributed by atoms with van der Waals surface area (Å²) in [5, 5.41) is 0.617. The van der Waals surface area contributed by atoms with E-state index in [0.29, 0.717) is 28.5 Å². The predicted molar refractivity (Wildman–Crippen MR) is 117 cm³/mol. The van der Waals surface area contributed by atoms with Gasteiger partial charge in [-0.1, -0.05) is 42.9 Å². The maximum Gasteiger partial charge on any atom is 0.279 e. The fourth-order valence-corrected chi connectivity index (χ4v) is 5.97. The lowest BCUT2D eigenvalue weighted by atomic mass is 10.2. The number of halogens is 1. The van der Waals surface area contributed by atoms with E-state index in [1.165, 1.54) is 39.9 Å². The number of carbonyl (C=O) groups excluding carboxylic acids is 1. The summed E-state index contributed by atoms with van der Waals surface area (Å²) in [6.45, 7) is 6.33. The number of hydrogen-bond acceptors (Lipinski definition) is 4. The number of nitrogens with zero attached hydrogens (tertiary/aromatic N) is 3. The van der Waals surface area contributed by atoms with Crippen LogP contribution in [0.1, 0.15) is 29.8 Å². The number of aryl methyl sites for hydroxylation is 2. The first-order valence-corrected chi connectivity index (χ1v) is 11.8. The molecule has 6 nitrogen and oxygen atoms in total. The van der Waals surface area contributed by atoms with Gasteiger partial charge in [-0.2, -0.15) is 9.30 Å². The highest BCUT2D eigenvalue weighted by Crippen LogP contribution is 2.28. The van der Waals surface area contributed by atoms with Gasteiger partial charge in [0.05, 0.1) is 20.1 Å². The Hall–Kier alpha value is -2.00. The second-order valence-corrected chi connectivity index (χ2v) is 9.84. The van der Waals surface area contributed by atoms with Crippen molar-refractivity contribution in [2.75, 3.05) is 13.1 Å². The average Bonchev–Trinajstić information content (AvgIpc) is 3.03. The van der Waals surface area contributed by atoms with Gasteiger partial charge in [0.1, 0.15) is 0 Å². The van der Waals surface area contributed by atoms with Gasteiger partial charge in [-0.25, -0.2) is 8.42 Å². The standard InChI is InChI=1S/C20H22ClN3O3S2/c1-5-24(6-2)29(26,27)15-10-8-14(9-11-15)19(25)22-20-23(4)17-13(3)7-12-16(21)18(17)28-20/h7-12H,5-6H2,1-4H3. The molecule has 1 aromatic heterocycles. The van der Waals surface area contributed by atoms with Crippen LogP contribution in [-0.4, -0.2) is 36.3 Å². The molecule has 0 saturated heterocycles. The van der Waals surface area contributed by atoms with Crippen molar-refractivity contribution in [3.63, 3.8) is 0 Å². The van der Waals surface area contributed by atoms with E-state index in [1.807, 2.05) is 30.7 Å². The molecule has 0 N–H and O–H groups in total. The molecule has 0 aliphatic carbocycles. The number of aromatic nitrogens is 1. The molecule has 29 heavy (non-hydrogen) atoms. The highest BCUT2D eigenvalue weighted by atomic mass is 35.5. The van der Waals surface area contributed by atoms with E-state index in [2.05, 4.69) is 4.99 Å². The van der Waals surface area contributed by atoms with Gasteiger partial charge in [-0.15, -0.1) is 0 Å². The summed E-state index contributed by atoms with van der Waals surface area (Å²) in [7, 11) is -1.72. The number of fused-ring (bicyclic) bond motifs is 1. The highest BCUT2D eigenvalue weighted by molar-refractivity contribution is 7.89. The predicted octanol–water partition coefficient (Wildman–Crippen LogP) is 3.97. The number of rotatable bonds is 5. The lowest BCUT2D eigenvalue weighted by molar-refractivity contribution is 0.0998. The first-order valence-electron chi connectivity index (χ1n) is 9.14. The second-order valence-electron chi connectivity index (χ2n) is 6.52. The Labute approximate surface area is 179 Å². The van der Waals surface area contributed by atoms with Gasteiger partial charge in [0, 0.05) is 25.7 Å². The van der Waals surface area contributed by atoms with Gasteiger partial charge in [-0.3, -0.25) is 4.79 Å². The van der Waals surface area contributed by atoms with Gasteiger partial charge >= 0.3 is 0 Å². The number of thiazole rings is 1.